The van der Waals surface area contributed by atoms with E-state index in [2.05, 4.69) is 15.3 Å². The van der Waals surface area contributed by atoms with Crippen LogP contribution in [0, 0.1) is 17.2 Å². The van der Waals surface area contributed by atoms with Gasteiger partial charge in [0.2, 0.25) is 0 Å². The summed E-state index contributed by atoms with van der Waals surface area (Å²) in [7, 11) is 0. The summed E-state index contributed by atoms with van der Waals surface area (Å²) in [5.41, 5.74) is 0.276. The number of nitriles is 1. The molecule has 0 aromatic carbocycles. The second kappa shape index (κ2) is 5.45. The summed E-state index contributed by atoms with van der Waals surface area (Å²) in [6.45, 7) is 0. The van der Waals surface area contributed by atoms with Gasteiger partial charge in [-0.05, 0) is 25.7 Å². The SMILES string of the molecule is N#Cc1nccnc1NC1CCC(C(=O)O)CC1. The van der Waals surface area contributed by atoms with Crippen LogP contribution in [0.3, 0.4) is 0 Å². The van der Waals surface area contributed by atoms with E-state index in [9.17, 15) is 4.79 Å². The molecule has 0 amide bonds. The molecular formula is C12H14N4O2. The summed E-state index contributed by atoms with van der Waals surface area (Å²) in [5.74, 6) is -0.468. The Morgan fingerprint density at radius 1 is 1.33 bits per heavy atom. The van der Waals surface area contributed by atoms with Crippen molar-refractivity contribution in [1.82, 2.24) is 9.97 Å². The maximum absolute atomic E-state index is 10.8. The number of aromatic nitrogens is 2. The van der Waals surface area contributed by atoms with Gasteiger partial charge in [0, 0.05) is 18.4 Å². The highest BCUT2D eigenvalue weighted by molar-refractivity contribution is 5.70. The van der Waals surface area contributed by atoms with E-state index in [1.807, 2.05) is 6.07 Å². The third-order valence-corrected chi connectivity index (χ3v) is 3.22. The fourth-order valence-electron chi connectivity index (χ4n) is 2.20. The summed E-state index contributed by atoms with van der Waals surface area (Å²) < 4.78 is 0. The third kappa shape index (κ3) is 2.74. The Bertz CT molecular complexity index is 475. The molecule has 2 N–H and O–H groups in total. The Kier molecular flexibility index (Phi) is 3.72. The number of aliphatic carboxylic acids is 1. The number of carbonyl (C=O) groups is 1. The highest BCUT2D eigenvalue weighted by Gasteiger charge is 2.26. The third-order valence-electron chi connectivity index (χ3n) is 3.22. The van der Waals surface area contributed by atoms with Gasteiger partial charge in [-0.15, -0.1) is 0 Å². The van der Waals surface area contributed by atoms with Crippen molar-refractivity contribution in [1.29, 1.82) is 5.26 Å². The van der Waals surface area contributed by atoms with Gasteiger partial charge >= 0.3 is 5.97 Å². The lowest BCUT2D eigenvalue weighted by Crippen LogP contribution is -2.29. The second-order valence-corrected chi connectivity index (χ2v) is 4.40. The molecule has 0 radical (unpaired) electrons. The molecule has 0 aliphatic heterocycles. The van der Waals surface area contributed by atoms with Gasteiger partial charge in [-0.25, -0.2) is 9.97 Å². The van der Waals surface area contributed by atoms with E-state index in [0.717, 1.165) is 12.8 Å². The first-order valence-electron chi connectivity index (χ1n) is 5.91. The maximum Gasteiger partial charge on any atom is 0.306 e. The molecule has 0 spiro atoms. The van der Waals surface area contributed by atoms with E-state index in [4.69, 9.17) is 10.4 Å². The fourth-order valence-corrected chi connectivity index (χ4v) is 2.20. The van der Waals surface area contributed by atoms with E-state index in [-0.39, 0.29) is 17.7 Å². The quantitative estimate of drug-likeness (QED) is 0.836. The largest absolute Gasteiger partial charge is 0.481 e. The van der Waals surface area contributed by atoms with Crippen LogP contribution in [0.4, 0.5) is 5.82 Å². The first-order valence-corrected chi connectivity index (χ1v) is 5.91. The Hall–Kier alpha value is -2.16. The molecule has 2 rings (SSSR count). The lowest BCUT2D eigenvalue weighted by molar-refractivity contribution is -0.142. The van der Waals surface area contributed by atoms with Crippen LogP contribution >= 0.6 is 0 Å². The van der Waals surface area contributed by atoms with E-state index in [1.54, 1.807) is 0 Å². The van der Waals surface area contributed by atoms with Crippen LogP contribution in [0.15, 0.2) is 12.4 Å². The van der Waals surface area contributed by atoms with Gasteiger partial charge < -0.3 is 10.4 Å². The molecule has 1 fully saturated rings. The molecule has 6 nitrogen and oxygen atoms in total. The molecule has 94 valence electrons. The number of carboxylic acids is 1. The first kappa shape index (κ1) is 12.3. The van der Waals surface area contributed by atoms with Crippen molar-refractivity contribution in [3.63, 3.8) is 0 Å². The average Bonchev–Trinajstić information content (AvgIpc) is 2.40. The molecule has 0 saturated heterocycles. The Labute approximate surface area is 105 Å². The molecule has 1 aromatic heterocycles. The van der Waals surface area contributed by atoms with Crippen molar-refractivity contribution in [3.8, 4) is 6.07 Å². The zero-order valence-corrected chi connectivity index (χ0v) is 9.83. The highest BCUT2D eigenvalue weighted by Crippen LogP contribution is 2.26. The lowest BCUT2D eigenvalue weighted by Gasteiger charge is -2.27. The molecular weight excluding hydrogens is 232 g/mol. The maximum atomic E-state index is 10.8. The van der Waals surface area contributed by atoms with Crippen LogP contribution < -0.4 is 5.32 Å². The minimum Gasteiger partial charge on any atom is -0.481 e. The number of carboxylic acid groups (broad SMARTS) is 1. The molecule has 1 saturated carbocycles. The number of rotatable bonds is 3. The first-order chi connectivity index (χ1) is 8.70. The molecule has 1 aromatic rings. The predicted octanol–water partition coefficient (Wildman–Crippen LogP) is 1.40. The smallest absolute Gasteiger partial charge is 0.306 e. The summed E-state index contributed by atoms with van der Waals surface area (Å²) >= 11 is 0. The van der Waals surface area contributed by atoms with Crippen LogP contribution in [0.25, 0.3) is 0 Å². The molecule has 1 aliphatic rings. The predicted molar refractivity (Wildman–Crippen MR) is 63.8 cm³/mol. The average molecular weight is 246 g/mol. The van der Waals surface area contributed by atoms with Crippen LogP contribution in [-0.2, 0) is 4.79 Å². The number of nitrogens with zero attached hydrogens (tertiary/aromatic N) is 3. The van der Waals surface area contributed by atoms with E-state index >= 15 is 0 Å². The van der Waals surface area contributed by atoms with Crippen LogP contribution in [-0.4, -0.2) is 27.1 Å². The summed E-state index contributed by atoms with van der Waals surface area (Å²) in [6, 6.07) is 2.15. The van der Waals surface area contributed by atoms with E-state index in [1.165, 1.54) is 12.4 Å². The Morgan fingerprint density at radius 3 is 2.61 bits per heavy atom. The topological polar surface area (TPSA) is 98.9 Å². The molecule has 1 aliphatic carbocycles. The zero-order chi connectivity index (χ0) is 13.0. The van der Waals surface area contributed by atoms with Crippen molar-refractivity contribution < 1.29 is 9.90 Å². The number of hydrogen-bond donors (Lipinski definition) is 2. The van der Waals surface area contributed by atoms with Crippen molar-refractivity contribution in [2.75, 3.05) is 5.32 Å². The van der Waals surface area contributed by atoms with Gasteiger partial charge in [-0.3, -0.25) is 4.79 Å². The van der Waals surface area contributed by atoms with Crippen LogP contribution in [0.5, 0.6) is 0 Å². The molecule has 0 atom stereocenters. The monoisotopic (exact) mass is 246 g/mol. The number of hydrogen-bond acceptors (Lipinski definition) is 5. The van der Waals surface area contributed by atoms with Crippen molar-refractivity contribution in [2.24, 2.45) is 5.92 Å². The summed E-state index contributed by atoms with van der Waals surface area (Å²) in [6.07, 6.45) is 5.89. The highest BCUT2D eigenvalue weighted by atomic mass is 16.4. The minimum absolute atomic E-state index is 0.171. The van der Waals surface area contributed by atoms with Gasteiger partial charge in [0.05, 0.1) is 5.92 Å². The van der Waals surface area contributed by atoms with Crippen molar-refractivity contribution in [2.45, 2.75) is 31.7 Å². The van der Waals surface area contributed by atoms with Crippen molar-refractivity contribution in [3.05, 3.63) is 18.1 Å². The minimum atomic E-state index is -0.717. The summed E-state index contributed by atoms with van der Waals surface area (Å²) in [4.78, 5) is 18.8. The van der Waals surface area contributed by atoms with Crippen LogP contribution in [0.2, 0.25) is 0 Å². The normalized spacial score (nSPS) is 23.1. The van der Waals surface area contributed by atoms with Gasteiger partial charge in [0.25, 0.3) is 0 Å². The molecule has 18 heavy (non-hydrogen) atoms. The van der Waals surface area contributed by atoms with E-state index < -0.39 is 5.97 Å². The van der Waals surface area contributed by atoms with Gasteiger partial charge in [0.1, 0.15) is 6.07 Å². The second-order valence-electron chi connectivity index (χ2n) is 4.40. The fraction of sp³-hybridized carbons (Fsp3) is 0.500. The molecule has 6 heteroatoms. The van der Waals surface area contributed by atoms with Crippen LogP contribution in [0.1, 0.15) is 31.4 Å². The van der Waals surface area contributed by atoms with Gasteiger partial charge in [-0.2, -0.15) is 5.26 Å². The Morgan fingerprint density at radius 2 is 2.00 bits per heavy atom. The molecule has 1 heterocycles. The Balaban J connectivity index is 1.96. The van der Waals surface area contributed by atoms with Gasteiger partial charge in [-0.1, -0.05) is 0 Å². The number of nitrogens with one attached hydrogen (secondary N) is 1. The molecule has 0 bridgehead atoms. The zero-order valence-electron chi connectivity index (χ0n) is 9.83. The lowest BCUT2D eigenvalue weighted by atomic mass is 9.86. The summed E-state index contributed by atoms with van der Waals surface area (Å²) in [5, 5.41) is 21.0. The van der Waals surface area contributed by atoms with E-state index in [0.29, 0.717) is 18.7 Å². The molecule has 0 unspecified atom stereocenters. The van der Waals surface area contributed by atoms with Gasteiger partial charge in [0.15, 0.2) is 11.5 Å². The standard InChI is InChI=1S/C12H14N4O2/c13-7-10-11(15-6-5-14-10)16-9-3-1-8(2-4-9)12(17)18/h5-6,8-9H,1-4H2,(H,15,16)(H,17,18). The number of anilines is 1. The van der Waals surface area contributed by atoms with Crippen molar-refractivity contribution >= 4 is 11.8 Å².